The number of esters is 1. The molecule has 0 atom stereocenters. The number of nitrogens with zero attached hydrogens (tertiary/aromatic N) is 1. The van der Waals surface area contributed by atoms with Gasteiger partial charge in [-0.2, -0.15) is 0 Å². The Balaban J connectivity index is 2.01. The van der Waals surface area contributed by atoms with E-state index in [-0.39, 0.29) is 21.2 Å². The lowest BCUT2D eigenvalue weighted by molar-refractivity contribution is -0.119. The summed E-state index contributed by atoms with van der Waals surface area (Å²) in [5, 5.41) is 2.57. The van der Waals surface area contributed by atoms with Gasteiger partial charge in [-0.3, -0.25) is 9.78 Å². The lowest BCUT2D eigenvalue weighted by Crippen LogP contribution is -2.21. The van der Waals surface area contributed by atoms with Crippen molar-refractivity contribution < 1.29 is 22.7 Å². The zero-order valence-corrected chi connectivity index (χ0v) is 14.1. The van der Waals surface area contributed by atoms with Crippen LogP contribution < -0.4 is 5.32 Å². The molecular weight excluding hydrogens is 356 g/mol. The number of rotatable bonds is 5. The van der Waals surface area contributed by atoms with Crippen molar-refractivity contribution in [2.45, 2.75) is 4.90 Å². The normalized spacial score (nSPS) is 10.9. The summed E-state index contributed by atoms with van der Waals surface area (Å²) >= 11 is 5.92. The molecule has 0 bridgehead atoms. The Labute approximate surface area is 143 Å². The fourth-order valence-electron chi connectivity index (χ4n) is 1.72. The maximum absolute atomic E-state index is 11.9. The highest BCUT2D eigenvalue weighted by Crippen LogP contribution is 2.25. The van der Waals surface area contributed by atoms with Gasteiger partial charge < -0.3 is 10.1 Å². The van der Waals surface area contributed by atoms with Crippen molar-refractivity contribution in [2.24, 2.45) is 0 Å². The van der Waals surface area contributed by atoms with Crippen LogP contribution >= 0.6 is 11.6 Å². The van der Waals surface area contributed by atoms with E-state index >= 15 is 0 Å². The van der Waals surface area contributed by atoms with Crippen molar-refractivity contribution >= 4 is 39.0 Å². The van der Waals surface area contributed by atoms with Crippen molar-refractivity contribution in [2.75, 3.05) is 18.2 Å². The number of hydrogen-bond donors (Lipinski definition) is 1. The minimum atomic E-state index is -3.44. The SMILES string of the molecule is CS(=O)(=O)c1ccc(Cl)c(NC(=O)COC(=O)c2ccncc2)c1. The molecular formula is C15H13ClN2O5S. The molecule has 0 fully saturated rings. The van der Waals surface area contributed by atoms with Crippen LogP contribution in [0.3, 0.4) is 0 Å². The quantitative estimate of drug-likeness (QED) is 0.809. The number of halogens is 1. The summed E-state index contributed by atoms with van der Waals surface area (Å²) in [7, 11) is -3.44. The molecule has 126 valence electrons. The average Bonchev–Trinajstić information content (AvgIpc) is 2.54. The van der Waals surface area contributed by atoms with E-state index in [1.165, 1.54) is 42.7 Å². The number of benzene rings is 1. The third-order valence-electron chi connectivity index (χ3n) is 2.89. The summed E-state index contributed by atoms with van der Waals surface area (Å²) in [6.45, 7) is -0.541. The first kappa shape index (κ1) is 17.9. The van der Waals surface area contributed by atoms with E-state index in [0.29, 0.717) is 0 Å². The van der Waals surface area contributed by atoms with E-state index in [2.05, 4.69) is 10.3 Å². The third-order valence-corrected chi connectivity index (χ3v) is 4.33. The number of ether oxygens (including phenoxy) is 1. The first-order valence-corrected chi connectivity index (χ1v) is 8.91. The minimum Gasteiger partial charge on any atom is -0.452 e. The number of aromatic nitrogens is 1. The first-order chi connectivity index (χ1) is 11.3. The fourth-order valence-corrected chi connectivity index (χ4v) is 2.53. The molecule has 0 aliphatic rings. The molecule has 2 rings (SSSR count). The molecule has 0 spiro atoms. The predicted molar refractivity (Wildman–Crippen MR) is 87.7 cm³/mol. The van der Waals surface area contributed by atoms with Gasteiger partial charge in [-0.05, 0) is 30.3 Å². The Morgan fingerprint density at radius 3 is 2.50 bits per heavy atom. The van der Waals surface area contributed by atoms with Crippen LogP contribution in [0.1, 0.15) is 10.4 Å². The number of carbonyl (C=O) groups is 2. The Hall–Kier alpha value is -2.45. The van der Waals surface area contributed by atoms with Gasteiger partial charge in [0, 0.05) is 18.6 Å². The highest BCUT2D eigenvalue weighted by atomic mass is 35.5. The zero-order chi connectivity index (χ0) is 17.7. The highest BCUT2D eigenvalue weighted by Gasteiger charge is 2.14. The van der Waals surface area contributed by atoms with E-state index in [0.717, 1.165) is 6.26 Å². The van der Waals surface area contributed by atoms with Gasteiger partial charge in [0.15, 0.2) is 16.4 Å². The maximum atomic E-state index is 11.9. The van der Waals surface area contributed by atoms with Gasteiger partial charge in [0.2, 0.25) is 0 Å². The largest absolute Gasteiger partial charge is 0.452 e. The molecule has 1 amide bonds. The molecule has 0 aliphatic heterocycles. The molecule has 1 aromatic carbocycles. The van der Waals surface area contributed by atoms with Crippen LogP contribution in [0.25, 0.3) is 0 Å². The second-order valence-electron chi connectivity index (χ2n) is 4.77. The molecule has 7 nitrogen and oxygen atoms in total. The Bertz CT molecular complexity index is 869. The van der Waals surface area contributed by atoms with Crippen LogP contribution in [-0.2, 0) is 19.4 Å². The number of anilines is 1. The summed E-state index contributed by atoms with van der Waals surface area (Å²) in [4.78, 5) is 27.3. The van der Waals surface area contributed by atoms with Crippen molar-refractivity contribution in [3.05, 3.63) is 53.3 Å². The summed E-state index contributed by atoms with van der Waals surface area (Å²) in [5.41, 5.74) is 0.374. The topological polar surface area (TPSA) is 102 Å². The molecule has 0 saturated carbocycles. The Morgan fingerprint density at radius 1 is 1.21 bits per heavy atom. The zero-order valence-electron chi connectivity index (χ0n) is 12.5. The van der Waals surface area contributed by atoms with Crippen LogP contribution in [0, 0.1) is 0 Å². The highest BCUT2D eigenvalue weighted by molar-refractivity contribution is 7.90. The molecule has 2 aromatic rings. The third kappa shape index (κ3) is 4.77. The Kier molecular flexibility index (Phi) is 5.53. The second kappa shape index (κ2) is 7.41. The summed E-state index contributed by atoms with van der Waals surface area (Å²) in [6.07, 6.45) is 3.89. The number of carbonyl (C=O) groups excluding carboxylic acids is 2. The molecule has 0 saturated heterocycles. The first-order valence-electron chi connectivity index (χ1n) is 6.64. The standard InChI is InChI=1S/C15H13ClN2O5S/c1-24(21,22)11-2-3-12(16)13(8-11)18-14(19)9-23-15(20)10-4-6-17-7-5-10/h2-8H,9H2,1H3,(H,18,19). The number of amides is 1. The van der Waals surface area contributed by atoms with Gasteiger partial charge in [-0.1, -0.05) is 11.6 Å². The number of hydrogen-bond acceptors (Lipinski definition) is 6. The van der Waals surface area contributed by atoms with Gasteiger partial charge in [0.05, 0.1) is 21.2 Å². The molecule has 0 aliphatic carbocycles. The summed E-state index contributed by atoms with van der Waals surface area (Å²) in [5.74, 6) is -1.33. The van der Waals surface area contributed by atoms with Crippen molar-refractivity contribution in [3.63, 3.8) is 0 Å². The van der Waals surface area contributed by atoms with Crippen LogP contribution in [0.15, 0.2) is 47.6 Å². The van der Waals surface area contributed by atoms with Crippen LogP contribution in [-0.4, -0.2) is 38.1 Å². The molecule has 1 aromatic heterocycles. The van der Waals surface area contributed by atoms with Crippen molar-refractivity contribution in [3.8, 4) is 0 Å². The van der Waals surface area contributed by atoms with Crippen molar-refractivity contribution in [1.29, 1.82) is 0 Å². The lowest BCUT2D eigenvalue weighted by atomic mass is 10.3. The summed E-state index contributed by atoms with van der Waals surface area (Å²) in [6, 6.07) is 6.83. The number of nitrogens with one attached hydrogen (secondary N) is 1. The molecule has 24 heavy (non-hydrogen) atoms. The van der Waals surface area contributed by atoms with E-state index in [4.69, 9.17) is 16.3 Å². The van der Waals surface area contributed by atoms with Gasteiger partial charge in [-0.15, -0.1) is 0 Å². The number of sulfone groups is 1. The van der Waals surface area contributed by atoms with E-state index < -0.39 is 28.3 Å². The smallest absolute Gasteiger partial charge is 0.338 e. The summed E-state index contributed by atoms with van der Waals surface area (Å²) < 4.78 is 27.9. The van der Waals surface area contributed by atoms with E-state index in [1.54, 1.807) is 0 Å². The second-order valence-corrected chi connectivity index (χ2v) is 7.20. The van der Waals surface area contributed by atoms with Gasteiger partial charge in [0.1, 0.15) is 0 Å². The minimum absolute atomic E-state index is 0.0102. The van der Waals surface area contributed by atoms with Gasteiger partial charge in [-0.25, -0.2) is 13.2 Å². The van der Waals surface area contributed by atoms with Crippen LogP contribution in [0.2, 0.25) is 5.02 Å². The monoisotopic (exact) mass is 368 g/mol. The van der Waals surface area contributed by atoms with Crippen molar-refractivity contribution in [1.82, 2.24) is 4.98 Å². The number of pyridine rings is 1. The Morgan fingerprint density at radius 2 is 1.88 bits per heavy atom. The molecule has 0 radical (unpaired) electrons. The molecule has 0 unspecified atom stereocenters. The predicted octanol–water partition coefficient (Wildman–Crippen LogP) is 1.93. The van der Waals surface area contributed by atoms with Crippen LogP contribution in [0.4, 0.5) is 5.69 Å². The molecule has 9 heteroatoms. The fraction of sp³-hybridized carbons (Fsp3) is 0.133. The maximum Gasteiger partial charge on any atom is 0.338 e. The van der Waals surface area contributed by atoms with Gasteiger partial charge in [0.25, 0.3) is 5.91 Å². The lowest BCUT2D eigenvalue weighted by Gasteiger charge is -2.09. The van der Waals surface area contributed by atoms with Crippen LogP contribution in [0.5, 0.6) is 0 Å². The average molecular weight is 369 g/mol. The van der Waals surface area contributed by atoms with E-state index in [1.807, 2.05) is 0 Å². The van der Waals surface area contributed by atoms with E-state index in [9.17, 15) is 18.0 Å². The molecule has 1 heterocycles. The molecule has 1 N–H and O–H groups in total. The van der Waals surface area contributed by atoms with Gasteiger partial charge >= 0.3 is 5.97 Å².